The lowest BCUT2D eigenvalue weighted by atomic mass is 9.78. The number of carbonyl (C=O) groups is 1. The molecule has 166 valence electrons. The van der Waals surface area contributed by atoms with Crippen LogP contribution in [0.2, 0.25) is 5.15 Å². The van der Waals surface area contributed by atoms with Gasteiger partial charge in [0.05, 0.1) is 17.6 Å². The summed E-state index contributed by atoms with van der Waals surface area (Å²) in [4.78, 5) is 23.3. The summed E-state index contributed by atoms with van der Waals surface area (Å²) < 4.78 is 22.8. The molecule has 8 rings (SSSR count). The van der Waals surface area contributed by atoms with Crippen molar-refractivity contribution >= 4 is 51.3 Å². The Bertz CT molecular complexity index is 1300. The minimum Gasteiger partial charge on any atom is -0.447 e. The Kier molecular flexibility index (Phi) is 4.08. The normalized spacial score (nSPS) is 30.9. The highest BCUT2D eigenvalue weighted by molar-refractivity contribution is 7.98. The Labute approximate surface area is 193 Å². The maximum Gasteiger partial charge on any atom is 0.410 e. The highest BCUT2D eigenvalue weighted by Gasteiger charge is 2.51. The van der Waals surface area contributed by atoms with Crippen molar-refractivity contribution in [3.63, 3.8) is 0 Å². The molecule has 2 bridgehead atoms. The average Bonchev–Trinajstić information content (AvgIpc) is 3.58. The van der Waals surface area contributed by atoms with E-state index in [1.807, 2.05) is 11.2 Å². The van der Waals surface area contributed by atoms with E-state index in [1.54, 1.807) is 6.20 Å². The molecule has 5 fully saturated rings. The van der Waals surface area contributed by atoms with Crippen LogP contribution in [0.3, 0.4) is 0 Å². The molecule has 3 aliphatic carbocycles. The predicted molar refractivity (Wildman–Crippen MR) is 121 cm³/mol. The molecule has 5 atom stereocenters. The zero-order chi connectivity index (χ0) is 21.7. The van der Waals surface area contributed by atoms with Gasteiger partial charge >= 0.3 is 6.09 Å². The fourth-order valence-corrected chi connectivity index (χ4v) is 7.45. The van der Waals surface area contributed by atoms with Gasteiger partial charge in [0, 0.05) is 28.7 Å². The topological polar surface area (TPSA) is 60.3 Å². The minimum atomic E-state index is -0.573. The van der Waals surface area contributed by atoms with Gasteiger partial charge in [-0.25, -0.2) is 19.2 Å². The van der Waals surface area contributed by atoms with Crippen LogP contribution in [-0.2, 0) is 4.74 Å². The van der Waals surface area contributed by atoms with Crippen LogP contribution in [0.1, 0.15) is 49.9 Å². The molecule has 0 spiro atoms. The van der Waals surface area contributed by atoms with Gasteiger partial charge in [-0.15, -0.1) is 11.8 Å². The Morgan fingerprint density at radius 3 is 2.78 bits per heavy atom. The number of rotatable bonds is 3. The molecule has 5 aliphatic rings. The first-order chi connectivity index (χ1) is 15.6. The van der Waals surface area contributed by atoms with Crippen molar-refractivity contribution in [1.82, 2.24) is 19.4 Å². The van der Waals surface area contributed by atoms with Crippen LogP contribution < -0.4 is 0 Å². The standard InChI is InChI=1S/C23H22ClFN4O2S/c1-32-22-13-7-16(15-5-4-12-9-31-23(30)28(12)15)29(19-10-2-3-11(19)6-10)20(13)14-8-26-21(24)17(25)18(14)27-22/h7-8,10-12,15,19H,2-6,9H2,1H3/t10-,11+,12-,15?,19-/m0/s1. The molecule has 2 saturated heterocycles. The Morgan fingerprint density at radius 1 is 1.22 bits per heavy atom. The van der Waals surface area contributed by atoms with Crippen LogP contribution >= 0.6 is 23.4 Å². The second-order valence-electron chi connectivity index (χ2n) is 9.50. The lowest BCUT2D eigenvalue weighted by Gasteiger charge is -2.40. The van der Waals surface area contributed by atoms with Crippen LogP contribution in [0.5, 0.6) is 0 Å². The number of aromatic nitrogens is 3. The SMILES string of the molecule is CSc1nc2c(F)c(Cl)ncc2c2c1cc(C1CC[C@H]3COC(=O)N13)n2[C@@H]1[C@@H]2CC[C@H]1C2. The molecule has 0 N–H and O–H groups in total. The number of carbonyl (C=O) groups excluding carboxylic acids is 1. The van der Waals surface area contributed by atoms with Crippen LogP contribution in [0, 0.1) is 17.7 Å². The summed E-state index contributed by atoms with van der Waals surface area (Å²) in [5.74, 6) is 0.683. The average molecular weight is 473 g/mol. The molecular weight excluding hydrogens is 451 g/mol. The van der Waals surface area contributed by atoms with Gasteiger partial charge in [0.1, 0.15) is 17.1 Å². The van der Waals surface area contributed by atoms with Crippen molar-refractivity contribution in [1.29, 1.82) is 0 Å². The van der Waals surface area contributed by atoms with Gasteiger partial charge in [0.2, 0.25) is 0 Å². The van der Waals surface area contributed by atoms with Crippen molar-refractivity contribution in [2.24, 2.45) is 11.8 Å². The molecule has 0 aromatic carbocycles. The molecule has 3 aromatic rings. The van der Waals surface area contributed by atoms with E-state index in [1.165, 1.54) is 31.0 Å². The van der Waals surface area contributed by atoms with E-state index < -0.39 is 5.82 Å². The summed E-state index contributed by atoms with van der Waals surface area (Å²) in [5.41, 5.74) is 2.38. The van der Waals surface area contributed by atoms with Crippen molar-refractivity contribution in [2.45, 2.75) is 55.3 Å². The number of pyridine rings is 2. The maximum atomic E-state index is 15.0. The van der Waals surface area contributed by atoms with E-state index in [2.05, 4.69) is 20.6 Å². The van der Waals surface area contributed by atoms with Crippen LogP contribution in [0.25, 0.3) is 21.8 Å². The Hall–Kier alpha value is -2.06. The van der Waals surface area contributed by atoms with E-state index in [0.717, 1.165) is 34.5 Å². The fourth-order valence-electron chi connectivity index (χ4n) is 6.75. The molecule has 3 saturated carbocycles. The van der Waals surface area contributed by atoms with Crippen LogP contribution in [0.15, 0.2) is 17.3 Å². The molecule has 5 heterocycles. The van der Waals surface area contributed by atoms with Crippen LogP contribution in [0.4, 0.5) is 9.18 Å². The summed E-state index contributed by atoms with van der Waals surface area (Å²) in [7, 11) is 0. The lowest BCUT2D eigenvalue weighted by Crippen LogP contribution is -2.35. The van der Waals surface area contributed by atoms with E-state index in [-0.39, 0.29) is 28.8 Å². The minimum absolute atomic E-state index is 0.0303. The summed E-state index contributed by atoms with van der Waals surface area (Å²) in [5, 5.41) is 2.32. The fraction of sp³-hybridized carbons (Fsp3) is 0.522. The van der Waals surface area contributed by atoms with Crippen molar-refractivity contribution in [3.05, 3.63) is 28.9 Å². The number of thioether (sulfide) groups is 1. The summed E-state index contributed by atoms with van der Waals surface area (Å²) in [6, 6.07) is 2.68. The summed E-state index contributed by atoms with van der Waals surface area (Å²) in [6.45, 7) is 0.471. The smallest absolute Gasteiger partial charge is 0.410 e. The molecule has 32 heavy (non-hydrogen) atoms. The number of hydrogen-bond donors (Lipinski definition) is 0. The first-order valence-electron chi connectivity index (χ1n) is 11.2. The lowest BCUT2D eigenvalue weighted by molar-refractivity contribution is 0.140. The van der Waals surface area contributed by atoms with Gasteiger partial charge in [-0.05, 0) is 56.3 Å². The van der Waals surface area contributed by atoms with Crippen molar-refractivity contribution < 1.29 is 13.9 Å². The Morgan fingerprint density at radius 2 is 2.03 bits per heavy atom. The van der Waals surface area contributed by atoms with Crippen molar-refractivity contribution in [3.8, 4) is 0 Å². The third-order valence-electron chi connectivity index (χ3n) is 8.14. The van der Waals surface area contributed by atoms with E-state index >= 15 is 4.39 Å². The second-order valence-corrected chi connectivity index (χ2v) is 10.7. The quantitative estimate of drug-likeness (QED) is 0.360. The first kappa shape index (κ1) is 19.4. The molecule has 6 nitrogen and oxygen atoms in total. The van der Waals surface area contributed by atoms with Gasteiger partial charge in [-0.3, -0.25) is 4.90 Å². The number of halogens is 2. The third kappa shape index (κ3) is 2.40. The maximum absolute atomic E-state index is 15.0. The zero-order valence-electron chi connectivity index (χ0n) is 17.6. The molecular formula is C23H22ClFN4O2S. The first-order valence-corrected chi connectivity index (χ1v) is 12.8. The van der Waals surface area contributed by atoms with Crippen LogP contribution in [-0.4, -0.2) is 44.4 Å². The summed E-state index contributed by atoms with van der Waals surface area (Å²) >= 11 is 7.53. The van der Waals surface area contributed by atoms with E-state index in [0.29, 0.717) is 29.9 Å². The monoisotopic (exact) mass is 472 g/mol. The molecule has 2 aliphatic heterocycles. The number of nitrogens with zero attached hydrogens (tertiary/aromatic N) is 4. The molecule has 9 heteroatoms. The van der Waals surface area contributed by atoms with Gasteiger partial charge in [0.25, 0.3) is 0 Å². The second kappa shape index (κ2) is 6.73. The largest absolute Gasteiger partial charge is 0.447 e. The molecule has 0 radical (unpaired) electrons. The number of amides is 1. The molecule has 1 unspecified atom stereocenters. The van der Waals surface area contributed by atoms with Gasteiger partial charge in [-0.2, -0.15) is 0 Å². The van der Waals surface area contributed by atoms with Gasteiger partial charge in [0.15, 0.2) is 11.0 Å². The highest BCUT2D eigenvalue weighted by Crippen LogP contribution is 2.59. The predicted octanol–water partition coefficient (Wildman–Crippen LogP) is 5.73. The Balaban J connectivity index is 1.55. The molecule has 3 aromatic heterocycles. The van der Waals surface area contributed by atoms with E-state index in [4.69, 9.17) is 16.3 Å². The zero-order valence-corrected chi connectivity index (χ0v) is 19.1. The van der Waals surface area contributed by atoms with Crippen molar-refractivity contribution in [2.75, 3.05) is 12.9 Å². The number of cyclic esters (lactones) is 1. The highest BCUT2D eigenvalue weighted by atomic mass is 35.5. The molecule has 1 amide bonds. The van der Waals surface area contributed by atoms with Gasteiger partial charge in [-0.1, -0.05) is 11.6 Å². The van der Waals surface area contributed by atoms with E-state index in [9.17, 15) is 4.79 Å². The van der Waals surface area contributed by atoms with Gasteiger partial charge < -0.3 is 9.30 Å². The summed E-state index contributed by atoms with van der Waals surface area (Å²) in [6.07, 6.45) is 8.95. The third-order valence-corrected chi connectivity index (χ3v) is 9.10. The number of hydrogen-bond acceptors (Lipinski definition) is 5. The number of ether oxygens (including phenoxy) is 1. The number of fused-ring (bicyclic) bond motifs is 5.